The molecular formula is C39H49NO6. The third-order valence-corrected chi connectivity index (χ3v) is 8.97. The maximum atomic E-state index is 13.6. The van der Waals surface area contributed by atoms with Gasteiger partial charge < -0.3 is 20.3 Å². The van der Waals surface area contributed by atoms with E-state index in [1.807, 2.05) is 36.4 Å². The molecule has 3 aromatic carbocycles. The van der Waals surface area contributed by atoms with E-state index in [9.17, 15) is 14.4 Å². The van der Waals surface area contributed by atoms with Crippen molar-refractivity contribution in [2.75, 3.05) is 5.32 Å². The van der Waals surface area contributed by atoms with Crippen LogP contribution in [0.4, 0.5) is 5.69 Å². The van der Waals surface area contributed by atoms with Gasteiger partial charge in [0.15, 0.2) is 0 Å². The van der Waals surface area contributed by atoms with Crippen LogP contribution in [0.2, 0.25) is 0 Å². The number of carboxylic acid groups (broad SMARTS) is 2. The molecule has 246 valence electrons. The number of carbonyl (C=O) groups excluding carboxylic acids is 1. The minimum absolute atomic E-state index is 0.0304. The van der Waals surface area contributed by atoms with Crippen LogP contribution in [-0.2, 0) is 26.2 Å². The van der Waals surface area contributed by atoms with Crippen molar-refractivity contribution in [1.29, 1.82) is 0 Å². The fourth-order valence-corrected chi connectivity index (χ4v) is 6.57. The summed E-state index contributed by atoms with van der Waals surface area (Å²) in [6, 6.07) is 22.9. The highest BCUT2D eigenvalue weighted by Crippen LogP contribution is 2.45. The SMILES string of the molecule is CC(C)(C)c1ccc(CCCCC2CCCCC2)cc1NC(=O)CC1c2ccccc2Oc2ccccc21.O=C(O)CCC(=O)O. The summed E-state index contributed by atoms with van der Waals surface area (Å²) >= 11 is 0. The van der Waals surface area contributed by atoms with Gasteiger partial charge in [-0.2, -0.15) is 0 Å². The molecule has 7 heteroatoms. The minimum Gasteiger partial charge on any atom is -0.481 e. The van der Waals surface area contributed by atoms with Gasteiger partial charge in [0.2, 0.25) is 5.91 Å². The van der Waals surface area contributed by atoms with Gasteiger partial charge in [-0.15, -0.1) is 0 Å². The lowest BCUT2D eigenvalue weighted by molar-refractivity contribution is -0.143. The molecule has 3 N–H and O–H groups in total. The number of amides is 1. The molecule has 0 aromatic heterocycles. The molecule has 5 rings (SSSR count). The molecule has 7 nitrogen and oxygen atoms in total. The fourth-order valence-electron chi connectivity index (χ4n) is 6.57. The Bertz CT molecular complexity index is 1420. The predicted octanol–water partition coefficient (Wildman–Crippen LogP) is 9.48. The van der Waals surface area contributed by atoms with Crippen LogP contribution in [0.25, 0.3) is 0 Å². The summed E-state index contributed by atoms with van der Waals surface area (Å²) in [4.78, 5) is 32.9. The van der Waals surface area contributed by atoms with E-state index >= 15 is 0 Å². The summed E-state index contributed by atoms with van der Waals surface area (Å²) in [5.74, 6) is 0.491. The van der Waals surface area contributed by atoms with E-state index < -0.39 is 11.9 Å². The first-order chi connectivity index (χ1) is 22.0. The normalized spacial score (nSPS) is 14.6. The van der Waals surface area contributed by atoms with Crippen molar-refractivity contribution in [1.82, 2.24) is 0 Å². The molecule has 1 heterocycles. The quantitative estimate of drug-likeness (QED) is 0.183. The summed E-state index contributed by atoms with van der Waals surface area (Å²) in [6.07, 6.45) is 11.9. The second-order valence-corrected chi connectivity index (χ2v) is 13.6. The van der Waals surface area contributed by atoms with E-state index in [1.54, 1.807) is 0 Å². The first-order valence-electron chi connectivity index (χ1n) is 16.7. The number of hydrogen-bond donors (Lipinski definition) is 3. The molecule has 0 unspecified atom stereocenters. The number of aliphatic carboxylic acids is 2. The molecule has 3 aromatic rings. The first-order valence-corrected chi connectivity index (χ1v) is 16.7. The highest BCUT2D eigenvalue weighted by atomic mass is 16.5. The Kier molecular flexibility index (Phi) is 12.4. The van der Waals surface area contributed by atoms with Gasteiger partial charge in [-0.3, -0.25) is 14.4 Å². The maximum absolute atomic E-state index is 13.6. The number of anilines is 1. The third kappa shape index (κ3) is 10.2. The zero-order chi connectivity index (χ0) is 33.1. The highest BCUT2D eigenvalue weighted by Gasteiger charge is 2.29. The molecule has 46 heavy (non-hydrogen) atoms. The number of hydrogen-bond acceptors (Lipinski definition) is 4. The number of fused-ring (bicyclic) bond motifs is 2. The Balaban J connectivity index is 0.000000533. The lowest BCUT2D eigenvalue weighted by atomic mass is 9.83. The van der Waals surface area contributed by atoms with E-state index in [0.29, 0.717) is 6.42 Å². The van der Waals surface area contributed by atoms with Crippen molar-refractivity contribution in [2.24, 2.45) is 5.92 Å². The van der Waals surface area contributed by atoms with Crippen LogP contribution < -0.4 is 10.1 Å². The van der Waals surface area contributed by atoms with Crippen molar-refractivity contribution in [2.45, 2.75) is 109 Å². The molecule has 1 aliphatic heterocycles. The number of benzene rings is 3. The molecular weight excluding hydrogens is 578 g/mol. The second kappa shape index (κ2) is 16.4. The summed E-state index contributed by atoms with van der Waals surface area (Å²) in [5, 5.41) is 19.1. The molecule has 1 amide bonds. The number of unbranched alkanes of at least 4 members (excludes halogenated alkanes) is 1. The maximum Gasteiger partial charge on any atom is 0.303 e. The van der Waals surface area contributed by atoms with E-state index in [2.05, 4.69) is 56.4 Å². The smallest absolute Gasteiger partial charge is 0.303 e. The van der Waals surface area contributed by atoms with Gasteiger partial charge in [-0.1, -0.05) is 114 Å². The lowest BCUT2D eigenvalue weighted by Crippen LogP contribution is -2.22. The number of carbonyl (C=O) groups is 3. The van der Waals surface area contributed by atoms with Crippen molar-refractivity contribution in [3.05, 3.63) is 89.0 Å². The minimum atomic E-state index is -1.08. The van der Waals surface area contributed by atoms with Gasteiger partial charge >= 0.3 is 11.9 Å². The fraction of sp³-hybridized carbons (Fsp3) is 0.462. The summed E-state index contributed by atoms with van der Waals surface area (Å²) in [7, 11) is 0. The van der Waals surface area contributed by atoms with Crippen LogP contribution in [-0.4, -0.2) is 28.1 Å². The Morgan fingerprint density at radius 3 is 1.96 bits per heavy atom. The predicted molar refractivity (Wildman–Crippen MR) is 182 cm³/mol. The molecule has 1 aliphatic carbocycles. The molecule has 0 radical (unpaired) electrons. The summed E-state index contributed by atoms with van der Waals surface area (Å²) < 4.78 is 6.14. The van der Waals surface area contributed by atoms with Gasteiger partial charge in [0, 0.05) is 29.2 Å². The van der Waals surface area contributed by atoms with Crippen LogP contribution in [0, 0.1) is 5.92 Å². The van der Waals surface area contributed by atoms with E-state index in [1.165, 1.54) is 62.5 Å². The molecule has 2 aliphatic rings. The average molecular weight is 628 g/mol. The van der Waals surface area contributed by atoms with Gasteiger partial charge in [-0.25, -0.2) is 0 Å². The van der Waals surface area contributed by atoms with Crippen molar-refractivity contribution < 1.29 is 29.3 Å². The molecule has 0 saturated heterocycles. The standard InChI is InChI=1S/C35H43NO2.C4H6O4/c1-35(2,3)30-22-21-26(16-8-7-15-25-13-5-4-6-14-25)23-31(30)36-34(37)24-29-27-17-9-11-19-32(27)38-33-20-12-10-18-28(29)33;5-3(6)1-2-4(7)8/h9-12,17-23,25,29H,4-8,13-16,24H2,1-3H3,(H,36,37);1-2H2,(H,5,6)(H,7,8). The molecule has 1 saturated carbocycles. The topological polar surface area (TPSA) is 113 Å². The van der Waals surface area contributed by atoms with E-state index in [-0.39, 0.29) is 30.1 Å². The Labute approximate surface area is 273 Å². The van der Waals surface area contributed by atoms with Crippen LogP contribution in [0.5, 0.6) is 11.5 Å². The number of nitrogens with one attached hydrogen (secondary N) is 1. The lowest BCUT2D eigenvalue weighted by Gasteiger charge is -2.28. The van der Waals surface area contributed by atoms with Gasteiger partial charge in [0.05, 0.1) is 12.8 Å². The third-order valence-electron chi connectivity index (χ3n) is 8.97. The second-order valence-electron chi connectivity index (χ2n) is 13.6. The Morgan fingerprint density at radius 1 is 0.804 bits per heavy atom. The zero-order valence-corrected chi connectivity index (χ0v) is 27.5. The van der Waals surface area contributed by atoms with Gasteiger partial charge in [0.25, 0.3) is 0 Å². The van der Waals surface area contributed by atoms with E-state index in [0.717, 1.165) is 40.7 Å². The van der Waals surface area contributed by atoms with Crippen LogP contribution >= 0.6 is 0 Å². The monoisotopic (exact) mass is 627 g/mol. The van der Waals surface area contributed by atoms with Crippen LogP contribution in [0.1, 0.15) is 120 Å². The summed E-state index contributed by atoms with van der Waals surface area (Å²) in [5.41, 5.74) is 5.55. The van der Waals surface area contributed by atoms with Crippen molar-refractivity contribution >= 4 is 23.5 Å². The largest absolute Gasteiger partial charge is 0.481 e. The first kappa shape index (κ1) is 34.7. The number of ether oxygens (including phenoxy) is 1. The molecule has 0 bridgehead atoms. The number of rotatable bonds is 11. The Hall–Kier alpha value is -4.13. The molecule has 1 fully saturated rings. The number of aryl methyl sites for hydroxylation is 1. The molecule has 0 atom stereocenters. The number of carboxylic acids is 2. The van der Waals surface area contributed by atoms with Crippen LogP contribution in [0.15, 0.2) is 66.7 Å². The van der Waals surface area contributed by atoms with Crippen molar-refractivity contribution in [3.63, 3.8) is 0 Å². The summed E-state index contributed by atoms with van der Waals surface area (Å²) in [6.45, 7) is 6.65. The van der Waals surface area contributed by atoms with E-state index in [4.69, 9.17) is 14.9 Å². The zero-order valence-electron chi connectivity index (χ0n) is 27.5. The van der Waals surface area contributed by atoms with Gasteiger partial charge in [-0.05, 0) is 53.5 Å². The number of para-hydroxylation sites is 2. The van der Waals surface area contributed by atoms with Crippen molar-refractivity contribution in [3.8, 4) is 11.5 Å². The van der Waals surface area contributed by atoms with Crippen LogP contribution in [0.3, 0.4) is 0 Å². The Morgan fingerprint density at radius 2 is 1.39 bits per heavy atom. The average Bonchev–Trinajstić information content (AvgIpc) is 3.02. The van der Waals surface area contributed by atoms with Gasteiger partial charge in [0.1, 0.15) is 11.5 Å². The highest BCUT2D eigenvalue weighted by molar-refractivity contribution is 5.93. The molecule has 0 spiro atoms.